The minimum absolute atomic E-state index is 0.226. The Hall–Kier alpha value is -0.500. The van der Waals surface area contributed by atoms with Gasteiger partial charge in [-0.25, -0.2) is 4.98 Å². The summed E-state index contributed by atoms with van der Waals surface area (Å²) in [7, 11) is -1.72. The van der Waals surface area contributed by atoms with E-state index in [4.69, 9.17) is 0 Å². The van der Waals surface area contributed by atoms with Gasteiger partial charge in [0.05, 0.1) is 16.7 Å². The van der Waals surface area contributed by atoms with E-state index >= 15 is 0 Å². The molecule has 108 valence electrons. The van der Waals surface area contributed by atoms with Crippen molar-refractivity contribution < 1.29 is 8.42 Å². The Balaban J connectivity index is 2.23. The van der Waals surface area contributed by atoms with Crippen molar-refractivity contribution in [1.29, 1.82) is 0 Å². The fourth-order valence-corrected chi connectivity index (χ4v) is 4.90. The lowest BCUT2D eigenvalue weighted by molar-refractivity contribution is 0.346. The van der Waals surface area contributed by atoms with E-state index in [2.05, 4.69) is 4.98 Å². The van der Waals surface area contributed by atoms with Crippen molar-refractivity contribution in [2.24, 2.45) is 0 Å². The van der Waals surface area contributed by atoms with Crippen LogP contribution in [0.5, 0.6) is 0 Å². The summed E-state index contributed by atoms with van der Waals surface area (Å²) in [6.07, 6.45) is 1.91. The molecule has 2 rings (SSSR count). The zero-order valence-corrected chi connectivity index (χ0v) is 13.5. The Kier molecular flexibility index (Phi) is 4.29. The highest BCUT2D eigenvalue weighted by molar-refractivity contribution is 7.86. The molecule has 1 atom stereocenters. The fraction of sp³-hybridized carbons (Fsp3) is 0.750. The van der Waals surface area contributed by atoms with E-state index in [-0.39, 0.29) is 6.04 Å². The molecule has 0 spiro atoms. The second kappa shape index (κ2) is 5.47. The summed E-state index contributed by atoms with van der Waals surface area (Å²) in [5, 5.41) is 0.978. The van der Waals surface area contributed by atoms with Crippen LogP contribution in [-0.2, 0) is 10.2 Å². The summed E-state index contributed by atoms with van der Waals surface area (Å²) in [6, 6.07) is -0.226. The van der Waals surface area contributed by atoms with E-state index in [9.17, 15) is 8.42 Å². The molecule has 1 aliphatic rings. The van der Waals surface area contributed by atoms with Crippen LogP contribution in [0.3, 0.4) is 0 Å². The molecule has 1 aliphatic heterocycles. The van der Waals surface area contributed by atoms with Gasteiger partial charge in [-0.3, -0.25) is 0 Å². The second-order valence-electron chi connectivity index (χ2n) is 4.98. The maximum absolute atomic E-state index is 12.5. The van der Waals surface area contributed by atoms with Crippen LogP contribution in [0, 0.1) is 13.8 Å². The Morgan fingerprint density at radius 2 is 1.89 bits per heavy atom. The number of nitrogens with zero attached hydrogens (tertiary/aromatic N) is 3. The molecule has 2 heterocycles. The van der Waals surface area contributed by atoms with Crippen molar-refractivity contribution >= 4 is 21.5 Å². The first-order chi connectivity index (χ1) is 8.84. The molecule has 0 N–H and O–H groups in total. The highest BCUT2D eigenvalue weighted by Gasteiger charge is 2.33. The molecule has 0 amide bonds. The minimum atomic E-state index is -3.36. The van der Waals surface area contributed by atoms with Gasteiger partial charge in [0.1, 0.15) is 0 Å². The van der Waals surface area contributed by atoms with E-state index < -0.39 is 10.2 Å². The van der Waals surface area contributed by atoms with Crippen LogP contribution in [0.15, 0.2) is 0 Å². The Morgan fingerprint density at radius 1 is 1.32 bits per heavy atom. The number of aryl methyl sites for hydroxylation is 2. The Labute approximate surface area is 119 Å². The van der Waals surface area contributed by atoms with Crippen molar-refractivity contribution in [3.05, 3.63) is 15.6 Å². The first-order valence-electron chi connectivity index (χ1n) is 6.51. The predicted molar refractivity (Wildman–Crippen MR) is 77.5 cm³/mol. The molecule has 1 saturated heterocycles. The van der Waals surface area contributed by atoms with E-state index in [0.29, 0.717) is 13.1 Å². The minimum Gasteiger partial charge on any atom is -0.245 e. The standard InChI is InChI=1S/C12H21N3O2S2/c1-9(12-10(2)18-11(3)13-12)14(4)19(16,17)15-7-5-6-8-15/h9H,5-8H2,1-4H3. The van der Waals surface area contributed by atoms with Crippen LogP contribution in [0.2, 0.25) is 0 Å². The van der Waals surface area contributed by atoms with Crippen molar-refractivity contribution in [2.45, 2.75) is 39.7 Å². The van der Waals surface area contributed by atoms with Gasteiger partial charge in [-0.15, -0.1) is 11.3 Å². The average molecular weight is 303 g/mol. The number of aromatic nitrogens is 1. The van der Waals surface area contributed by atoms with Gasteiger partial charge in [0.15, 0.2) is 0 Å². The van der Waals surface area contributed by atoms with Crippen molar-refractivity contribution in [1.82, 2.24) is 13.6 Å². The third-order valence-corrected chi connectivity index (χ3v) is 6.60. The van der Waals surface area contributed by atoms with Crippen LogP contribution in [0.4, 0.5) is 0 Å². The summed E-state index contributed by atoms with van der Waals surface area (Å²) >= 11 is 1.61. The first kappa shape index (κ1) is 14.9. The predicted octanol–water partition coefficient (Wildman–Crippen LogP) is 2.09. The van der Waals surface area contributed by atoms with Crippen LogP contribution >= 0.6 is 11.3 Å². The topological polar surface area (TPSA) is 53.5 Å². The van der Waals surface area contributed by atoms with Crippen molar-refractivity contribution in [3.8, 4) is 0 Å². The van der Waals surface area contributed by atoms with Gasteiger partial charge < -0.3 is 0 Å². The van der Waals surface area contributed by atoms with Crippen molar-refractivity contribution in [3.63, 3.8) is 0 Å². The Morgan fingerprint density at radius 3 is 2.37 bits per heavy atom. The molecule has 1 unspecified atom stereocenters. The van der Waals surface area contributed by atoms with E-state index in [0.717, 1.165) is 28.4 Å². The molecular weight excluding hydrogens is 282 g/mol. The lowest BCUT2D eigenvalue weighted by atomic mass is 10.2. The van der Waals surface area contributed by atoms with Crippen LogP contribution < -0.4 is 0 Å². The van der Waals surface area contributed by atoms with Gasteiger partial charge in [0.25, 0.3) is 10.2 Å². The molecule has 7 heteroatoms. The van der Waals surface area contributed by atoms with E-state index in [1.165, 1.54) is 4.31 Å². The molecule has 19 heavy (non-hydrogen) atoms. The van der Waals surface area contributed by atoms with Gasteiger partial charge >= 0.3 is 0 Å². The molecule has 0 aromatic carbocycles. The molecule has 1 aromatic heterocycles. The lowest BCUT2D eigenvalue weighted by Crippen LogP contribution is -2.41. The van der Waals surface area contributed by atoms with Crippen LogP contribution in [0.25, 0.3) is 0 Å². The van der Waals surface area contributed by atoms with E-state index in [1.54, 1.807) is 22.7 Å². The third-order valence-electron chi connectivity index (χ3n) is 3.64. The molecule has 0 bridgehead atoms. The summed E-state index contributed by atoms with van der Waals surface area (Å²) in [4.78, 5) is 5.56. The average Bonchev–Trinajstić information content (AvgIpc) is 2.97. The summed E-state index contributed by atoms with van der Waals surface area (Å²) in [5.41, 5.74) is 0.868. The number of thiazole rings is 1. The summed E-state index contributed by atoms with van der Waals surface area (Å²) in [6.45, 7) is 7.10. The molecule has 1 fully saturated rings. The third kappa shape index (κ3) is 2.84. The van der Waals surface area contributed by atoms with E-state index in [1.807, 2.05) is 20.8 Å². The highest BCUT2D eigenvalue weighted by atomic mass is 32.2. The molecule has 0 radical (unpaired) electrons. The summed E-state index contributed by atoms with van der Waals surface area (Å²) in [5.74, 6) is 0. The SMILES string of the molecule is Cc1nc(C(C)N(C)S(=O)(=O)N2CCCC2)c(C)s1. The summed E-state index contributed by atoms with van der Waals surface area (Å²) < 4.78 is 28.0. The van der Waals surface area contributed by atoms with Gasteiger partial charge in [0, 0.05) is 25.0 Å². The molecule has 0 aliphatic carbocycles. The maximum Gasteiger partial charge on any atom is 0.282 e. The monoisotopic (exact) mass is 303 g/mol. The smallest absolute Gasteiger partial charge is 0.245 e. The number of rotatable bonds is 4. The second-order valence-corrected chi connectivity index (χ2v) is 8.38. The first-order valence-corrected chi connectivity index (χ1v) is 8.72. The molecular formula is C12H21N3O2S2. The number of hydrogen-bond acceptors (Lipinski definition) is 4. The maximum atomic E-state index is 12.5. The quantitative estimate of drug-likeness (QED) is 0.856. The van der Waals surface area contributed by atoms with Gasteiger partial charge in [0.2, 0.25) is 0 Å². The van der Waals surface area contributed by atoms with Gasteiger partial charge in [-0.05, 0) is 33.6 Å². The lowest BCUT2D eigenvalue weighted by Gasteiger charge is -2.28. The van der Waals surface area contributed by atoms with Crippen LogP contribution in [-0.4, -0.2) is 42.1 Å². The largest absolute Gasteiger partial charge is 0.282 e. The molecule has 5 nitrogen and oxygen atoms in total. The van der Waals surface area contributed by atoms with Crippen LogP contribution in [0.1, 0.15) is 41.4 Å². The zero-order valence-electron chi connectivity index (χ0n) is 11.9. The zero-order chi connectivity index (χ0) is 14.2. The van der Waals surface area contributed by atoms with Crippen molar-refractivity contribution in [2.75, 3.05) is 20.1 Å². The normalized spacial score (nSPS) is 19.2. The molecule has 1 aromatic rings. The number of hydrogen-bond donors (Lipinski definition) is 0. The van der Waals surface area contributed by atoms with Gasteiger partial charge in [-0.1, -0.05) is 0 Å². The van der Waals surface area contributed by atoms with Gasteiger partial charge in [-0.2, -0.15) is 17.0 Å². The molecule has 0 saturated carbocycles. The highest BCUT2D eigenvalue weighted by Crippen LogP contribution is 2.29. The fourth-order valence-electron chi connectivity index (χ4n) is 2.41. The Bertz CT molecular complexity index is 547.